The van der Waals surface area contributed by atoms with E-state index in [0.717, 1.165) is 10.7 Å². The van der Waals surface area contributed by atoms with E-state index in [1.165, 1.54) is 30.1 Å². The molecule has 2 aromatic heterocycles. The quantitative estimate of drug-likeness (QED) is 0.296. The molecule has 0 spiro atoms. The molecule has 0 saturated heterocycles. The molecule has 0 amide bonds. The van der Waals surface area contributed by atoms with Gasteiger partial charge in [-0.15, -0.1) is 11.8 Å². The van der Waals surface area contributed by atoms with E-state index < -0.39 is 4.92 Å². The van der Waals surface area contributed by atoms with Crippen molar-refractivity contribution < 1.29 is 9.34 Å². The average Bonchev–Trinajstić information content (AvgIpc) is 2.87. The number of thioether (sulfide) groups is 1. The van der Waals surface area contributed by atoms with Crippen molar-refractivity contribution in [3.63, 3.8) is 0 Å². The fraction of sp³-hybridized carbons (Fsp3) is 0.182. The number of anilines is 1. The third kappa shape index (κ3) is 3.54. The van der Waals surface area contributed by atoms with Crippen LogP contribution in [-0.4, -0.2) is 27.4 Å². The zero-order valence-corrected chi connectivity index (χ0v) is 11.5. The molecule has 0 aliphatic carbocycles. The zero-order valence-electron chi connectivity index (χ0n) is 10.7. The monoisotopic (exact) mass is 293 g/mol. The fourth-order valence-electron chi connectivity index (χ4n) is 1.36. The summed E-state index contributed by atoms with van der Waals surface area (Å²) in [6, 6.07) is 4.57. The first-order chi connectivity index (χ1) is 9.58. The second kappa shape index (κ2) is 6.15. The highest BCUT2D eigenvalue weighted by atomic mass is 32.2. The van der Waals surface area contributed by atoms with Crippen LogP contribution < -0.4 is 5.43 Å². The highest BCUT2D eigenvalue weighted by Crippen LogP contribution is 2.15. The Morgan fingerprint density at radius 3 is 2.95 bits per heavy atom. The molecule has 1 N–H and O–H groups in total. The second-order valence-electron chi connectivity index (χ2n) is 3.68. The van der Waals surface area contributed by atoms with E-state index in [9.17, 15) is 10.1 Å². The van der Waals surface area contributed by atoms with E-state index in [1.807, 2.05) is 19.2 Å². The predicted octanol–water partition coefficient (Wildman–Crippen LogP) is 2.45. The summed E-state index contributed by atoms with van der Waals surface area (Å²) in [5.41, 5.74) is 3.47. The number of aromatic nitrogens is 2. The maximum absolute atomic E-state index is 10.4. The number of hydrogen-bond acceptors (Lipinski definition) is 8. The lowest BCUT2D eigenvalue weighted by Crippen LogP contribution is -1.99. The van der Waals surface area contributed by atoms with Crippen molar-refractivity contribution in [3.05, 3.63) is 39.8 Å². The van der Waals surface area contributed by atoms with Crippen LogP contribution in [-0.2, 0) is 0 Å². The van der Waals surface area contributed by atoms with Crippen molar-refractivity contribution in [3.8, 4) is 0 Å². The van der Waals surface area contributed by atoms with E-state index >= 15 is 0 Å². The molecule has 0 aliphatic heterocycles. The van der Waals surface area contributed by atoms with Gasteiger partial charge in [0.15, 0.2) is 5.76 Å². The zero-order chi connectivity index (χ0) is 14.5. The Morgan fingerprint density at radius 2 is 2.30 bits per heavy atom. The van der Waals surface area contributed by atoms with Gasteiger partial charge in [0, 0.05) is 5.69 Å². The van der Waals surface area contributed by atoms with Gasteiger partial charge in [0.05, 0.1) is 12.3 Å². The summed E-state index contributed by atoms with van der Waals surface area (Å²) in [4.78, 5) is 18.2. The fourth-order valence-corrected chi connectivity index (χ4v) is 1.82. The van der Waals surface area contributed by atoms with Crippen LogP contribution in [0.5, 0.6) is 0 Å². The van der Waals surface area contributed by atoms with Crippen molar-refractivity contribution in [1.29, 1.82) is 0 Å². The van der Waals surface area contributed by atoms with E-state index in [1.54, 1.807) is 0 Å². The first-order valence-electron chi connectivity index (χ1n) is 5.51. The van der Waals surface area contributed by atoms with E-state index in [2.05, 4.69) is 20.5 Å². The molecular weight excluding hydrogens is 282 g/mol. The summed E-state index contributed by atoms with van der Waals surface area (Å²) in [7, 11) is 0. The minimum Gasteiger partial charge on any atom is -0.400 e. The molecule has 0 bridgehead atoms. The smallest absolute Gasteiger partial charge is 0.400 e. The summed E-state index contributed by atoms with van der Waals surface area (Å²) >= 11 is 1.50. The van der Waals surface area contributed by atoms with Gasteiger partial charge in [0.25, 0.3) is 0 Å². The Morgan fingerprint density at radius 1 is 1.50 bits per heavy atom. The summed E-state index contributed by atoms with van der Waals surface area (Å²) in [6.07, 6.45) is 3.23. The molecule has 0 fully saturated rings. The number of aryl methyl sites for hydroxylation is 1. The van der Waals surface area contributed by atoms with Crippen LogP contribution in [0.15, 0.2) is 32.7 Å². The molecule has 104 valence electrons. The summed E-state index contributed by atoms with van der Waals surface area (Å²) in [5, 5.41) is 15.1. The van der Waals surface area contributed by atoms with Gasteiger partial charge >= 0.3 is 5.88 Å². The van der Waals surface area contributed by atoms with Crippen molar-refractivity contribution in [2.75, 3.05) is 11.7 Å². The van der Waals surface area contributed by atoms with Crippen LogP contribution in [0.1, 0.15) is 11.5 Å². The number of hydrogen-bond donors (Lipinski definition) is 1. The SMILES string of the molecule is CSc1cc(C)nc(N/N=C/c2ccc([N+](=O)[O-])o2)n1. The number of rotatable bonds is 5. The van der Waals surface area contributed by atoms with Gasteiger partial charge < -0.3 is 4.42 Å². The van der Waals surface area contributed by atoms with E-state index in [-0.39, 0.29) is 11.6 Å². The minimum absolute atomic E-state index is 0.266. The summed E-state index contributed by atoms with van der Waals surface area (Å²) in [5.74, 6) is 0.288. The van der Waals surface area contributed by atoms with Gasteiger partial charge in [-0.2, -0.15) is 5.10 Å². The number of nitrogens with one attached hydrogen (secondary N) is 1. The molecule has 0 unspecified atom stereocenters. The Bertz CT molecular complexity index is 655. The molecule has 2 aromatic rings. The average molecular weight is 293 g/mol. The number of furan rings is 1. The van der Waals surface area contributed by atoms with Crippen LogP contribution in [0.2, 0.25) is 0 Å². The number of hydrazone groups is 1. The van der Waals surface area contributed by atoms with Crippen LogP contribution in [0.3, 0.4) is 0 Å². The van der Waals surface area contributed by atoms with Crippen LogP contribution in [0.25, 0.3) is 0 Å². The second-order valence-corrected chi connectivity index (χ2v) is 4.50. The highest BCUT2D eigenvalue weighted by Gasteiger charge is 2.10. The Labute approximate surface area is 118 Å². The van der Waals surface area contributed by atoms with Crippen molar-refractivity contribution in [2.45, 2.75) is 11.9 Å². The molecule has 0 radical (unpaired) electrons. The normalized spacial score (nSPS) is 10.9. The molecule has 2 heterocycles. The Kier molecular flexibility index (Phi) is 4.31. The maximum atomic E-state index is 10.4. The van der Waals surface area contributed by atoms with Gasteiger partial charge in [-0.3, -0.25) is 10.1 Å². The van der Waals surface area contributed by atoms with Gasteiger partial charge in [-0.25, -0.2) is 15.4 Å². The topological polar surface area (TPSA) is 106 Å². The molecule has 2 rings (SSSR count). The summed E-state index contributed by atoms with van der Waals surface area (Å²) < 4.78 is 4.92. The van der Waals surface area contributed by atoms with Gasteiger partial charge in [0.1, 0.15) is 9.95 Å². The lowest BCUT2D eigenvalue weighted by Gasteiger charge is -2.02. The number of nitrogens with zero attached hydrogens (tertiary/aromatic N) is 4. The van der Waals surface area contributed by atoms with Crippen LogP contribution >= 0.6 is 11.8 Å². The van der Waals surface area contributed by atoms with Gasteiger partial charge in [-0.1, -0.05) is 0 Å². The van der Waals surface area contributed by atoms with E-state index in [0.29, 0.717) is 5.95 Å². The predicted molar refractivity (Wildman–Crippen MR) is 75.1 cm³/mol. The Balaban J connectivity index is 2.05. The molecule has 9 heteroatoms. The first-order valence-corrected chi connectivity index (χ1v) is 6.74. The highest BCUT2D eigenvalue weighted by molar-refractivity contribution is 7.98. The van der Waals surface area contributed by atoms with Crippen molar-refractivity contribution in [2.24, 2.45) is 5.10 Å². The minimum atomic E-state index is -0.612. The largest absolute Gasteiger partial charge is 0.433 e. The van der Waals surface area contributed by atoms with Crippen molar-refractivity contribution in [1.82, 2.24) is 9.97 Å². The standard InChI is InChI=1S/C11H11N5O3S/c1-7-5-9(20-2)14-11(13-7)15-12-6-8-3-4-10(19-8)16(17)18/h3-6H,1-2H3,(H,13,14,15)/b12-6+. The third-order valence-electron chi connectivity index (χ3n) is 2.19. The Hall–Kier alpha value is -2.42. The number of nitro groups is 1. The van der Waals surface area contributed by atoms with Crippen LogP contribution in [0, 0.1) is 17.0 Å². The molecule has 0 aliphatic rings. The maximum Gasteiger partial charge on any atom is 0.433 e. The van der Waals surface area contributed by atoms with Crippen molar-refractivity contribution >= 4 is 29.8 Å². The van der Waals surface area contributed by atoms with Gasteiger partial charge in [-0.05, 0) is 25.3 Å². The molecule has 8 nitrogen and oxygen atoms in total. The lowest BCUT2D eigenvalue weighted by atomic mass is 10.5. The molecule has 0 atom stereocenters. The van der Waals surface area contributed by atoms with Crippen LogP contribution in [0.4, 0.5) is 11.8 Å². The van der Waals surface area contributed by atoms with E-state index in [4.69, 9.17) is 4.42 Å². The lowest BCUT2D eigenvalue weighted by molar-refractivity contribution is -0.402. The molecule has 0 saturated carbocycles. The molecule has 20 heavy (non-hydrogen) atoms. The molecular formula is C11H11N5O3S. The third-order valence-corrected chi connectivity index (χ3v) is 2.82. The first kappa shape index (κ1) is 14.0. The molecule has 0 aromatic carbocycles. The summed E-state index contributed by atoms with van der Waals surface area (Å²) in [6.45, 7) is 1.85. The van der Waals surface area contributed by atoms with Gasteiger partial charge in [0.2, 0.25) is 5.95 Å².